The van der Waals surface area contributed by atoms with E-state index in [0.717, 1.165) is 38.2 Å². The standard InChI is InChI=1S/C37H48Cl2N8O3S/c1-22-27(26-10-3-4-11-29(26)45-22)19-32-35(49)44-21-24-17-25(38)18-28(39)33(24)51-36-23(9-8-16-42-36)20-43-30(13-7-15-41)34(48)46-31(12-5-6-14-40)37(50)47(32)2/h3-4,8-11,16-18,30-32,35,43-45,49H,5-7,12-15,19-21,40-41H2,1-2H3,(H,46,48)/t30-,31-,32-,35?/m0/s1. The Bertz CT molecular complexity index is 1810. The van der Waals surface area contributed by atoms with Gasteiger partial charge in [0.05, 0.1) is 17.1 Å². The van der Waals surface area contributed by atoms with Crippen LogP contribution in [0.2, 0.25) is 10.0 Å². The minimum absolute atomic E-state index is 0.202. The van der Waals surface area contributed by atoms with Crippen molar-refractivity contribution in [2.24, 2.45) is 11.5 Å². The molecule has 1 aliphatic rings. The number of aliphatic hydroxyl groups is 1. The summed E-state index contributed by atoms with van der Waals surface area (Å²) in [6.07, 6.45) is 3.70. The number of carbonyl (C=O) groups excluding carboxylic acids is 2. The molecule has 1 unspecified atom stereocenters. The molecule has 2 aromatic heterocycles. The zero-order chi connectivity index (χ0) is 36.5. The molecule has 2 aromatic carbocycles. The summed E-state index contributed by atoms with van der Waals surface area (Å²) in [5.74, 6) is -0.599. The number of nitrogens with zero attached hydrogens (tertiary/aromatic N) is 2. The van der Waals surface area contributed by atoms with E-state index in [1.807, 2.05) is 49.4 Å². The Balaban J connectivity index is 1.59. The highest BCUT2D eigenvalue weighted by molar-refractivity contribution is 7.99. The molecule has 51 heavy (non-hydrogen) atoms. The van der Waals surface area contributed by atoms with E-state index in [2.05, 4.69) is 25.9 Å². The smallest absolute Gasteiger partial charge is 0.245 e. The molecule has 1 aliphatic heterocycles. The van der Waals surface area contributed by atoms with Crippen LogP contribution < -0.4 is 27.4 Å². The van der Waals surface area contributed by atoms with Crippen LogP contribution in [0.3, 0.4) is 0 Å². The van der Waals surface area contributed by atoms with Crippen molar-refractivity contribution in [2.75, 3.05) is 20.1 Å². The first-order valence-corrected chi connectivity index (χ1v) is 19.0. The highest BCUT2D eigenvalue weighted by atomic mass is 35.5. The Hall–Kier alpha value is -3.20. The van der Waals surface area contributed by atoms with E-state index >= 15 is 0 Å². The lowest BCUT2D eigenvalue weighted by Crippen LogP contribution is -2.58. The van der Waals surface area contributed by atoms with E-state index in [0.29, 0.717) is 73.2 Å². The van der Waals surface area contributed by atoms with Gasteiger partial charge in [-0.3, -0.25) is 14.9 Å². The van der Waals surface area contributed by atoms with Gasteiger partial charge in [-0.25, -0.2) is 4.98 Å². The van der Waals surface area contributed by atoms with Crippen molar-refractivity contribution in [1.82, 2.24) is 30.8 Å². The fraction of sp³-hybridized carbons (Fsp3) is 0.432. The third-order valence-electron chi connectivity index (χ3n) is 9.40. The maximum absolute atomic E-state index is 14.5. The van der Waals surface area contributed by atoms with E-state index in [1.54, 1.807) is 24.2 Å². The fourth-order valence-electron chi connectivity index (χ4n) is 6.54. The number of fused-ring (bicyclic) bond motifs is 3. The molecular formula is C37H48Cl2N8O3S. The number of hydrogen-bond acceptors (Lipinski definition) is 9. The van der Waals surface area contributed by atoms with Crippen molar-refractivity contribution in [1.29, 1.82) is 0 Å². The number of H-pyrrole nitrogens is 1. The predicted molar refractivity (Wildman–Crippen MR) is 205 cm³/mol. The van der Waals surface area contributed by atoms with E-state index < -0.39 is 24.4 Å². The molecule has 4 atom stereocenters. The molecule has 0 radical (unpaired) electrons. The van der Waals surface area contributed by atoms with Gasteiger partial charge in [0.25, 0.3) is 0 Å². The van der Waals surface area contributed by atoms with Gasteiger partial charge in [-0.1, -0.05) is 59.2 Å². The van der Waals surface area contributed by atoms with Crippen molar-refractivity contribution < 1.29 is 14.7 Å². The number of rotatable bonds is 9. The molecule has 0 spiro atoms. The molecular weight excluding hydrogens is 707 g/mol. The lowest BCUT2D eigenvalue weighted by molar-refractivity contribution is -0.140. The summed E-state index contributed by atoms with van der Waals surface area (Å²) < 4.78 is 0. The zero-order valence-corrected chi connectivity index (χ0v) is 31.4. The molecule has 0 saturated carbocycles. The SMILES string of the molecule is Cc1[nH]c2ccccc2c1C[C@H]1C(O)NCc2cc(Cl)cc(Cl)c2Sc2ncccc2CN[C@@H](CCCN)C(=O)N[C@@H](CCCCN)C(=O)N1C. The molecule has 4 aromatic rings. The quantitative estimate of drug-likeness (QED) is 0.120. The third kappa shape index (κ3) is 9.82. The number of aliphatic hydroxyl groups excluding tert-OH is 1. The average molecular weight is 756 g/mol. The maximum Gasteiger partial charge on any atom is 0.245 e. The first-order valence-electron chi connectivity index (χ1n) is 17.4. The second-order valence-corrected chi connectivity index (χ2v) is 14.8. The number of carbonyl (C=O) groups is 2. The molecule has 9 N–H and O–H groups in total. The summed E-state index contributed by atoms with van der Waals surface area (Å²) in [6, 6.07) is 13.1. The van der Waals surface area contributed by atoms with Crippen LogP contribution in [0.5, 0.6) is 0 Å². The highest BCUT2D eigenvalue weighted by Gasteiger charge is 2.34. The van der Waals surface area contributed by atoms with Crippen LogP contribution in [0.4, 0.5) is 0 Å². The Morgan fingerprint density at radius 3 is 2.49 bits per heavy atom. The van der Waals surface area contributed by atoms with Crippen molar-refractivity contribution in [3.8, 4) is 0 Å². The highest BCUT2D eigenvalue weighted by Crippen LogP contribution is 2.39. The normalized spacial score (nSPS) is 20.9. The first kappa shape index (κ1) is 39.0. The second kappa shape index (κ2) is 18.5. The molecule has 11 nitrogen and oxygen atoms in total. The summed E-state index contributed by atoms with van der Waals surface area (Å²) in [5, 5.41) is 24.3. The summed E-state index contributed by atoms with van der Waals surface area (Å²) in [4.78, 5) is 38.9. The number of aromatic amines is 1. The van der Waals surface area contributed by atoms with Gasteiger partial charge < -0.3 is 37.1 Å². The van der Waals surface area contributed by atoms with Crippen LogP contribution in [-0.4, -0.2) is 76.3 Å². The summed E-state index contributed by atoms with van der Waals surface area (Å²) in [7, 11) is 1.68. The lowest BCUT2D eigenvalue weighted by atomic mass is 9.98. The number of nitrogens with two attached hydrogens (primary N) is 2. The van der Waals surface area contributed by atoms with Gasteiger partial charge >= 0.3 is 0 Å². The Morgan fingerprint density at radius 1 is 0.961 bits per heavy atom. The Kier molecular flexibility index (Phi) is 14.2. The summed E-state index contributed by atoms with van der Waals surface area (Å²) in [5.41, 5.74) is 16.2. The van der Waals surface area contributed by atoms with E-state index in [4.69, 9.17) is 34.7 Å². The van der Waals surface area contributed by atoms with Crippen molar-refractivity contribution in [3.05, 3.63) is 87.2 Å². The molecule has 14 heteroatoms. The van der Waals surface area contributed by atoms with Crippen LogP contribution in [-0.2, 0) is 29.1 Å². The maximum atomic E-state index is 14.5. The van der Waals surface area contributed by atoms with Crippen LogP contribution in [0.25, 0.3) is 10.9 Å². The predicted octanol–water partition coefficient (Wildman–Crippen LogP) is 4.63. The number of aromatic nitrogens is 2. The second-order valence-electron chi connectivity index (χ2n) is 13.0. The largest absolute Gasteiger partial charge is 0.376 e. The number of halogens is 2. The van der Waals surface area contributed by atoms with Crippen molar-refractivity contribution >= 4 is 57.7 Å². The molecule has 274 valence electrons. The summed E-state index contributed by atoms with van der Waals surface area (Å²) >= 11 is 14.7. The van der Waals surface area contributed by atoms with Gasteiger partial charge in [-0.15, -0.1) is 0 Å². The molecule has 0 fully saturated rings. The average Bonchev–Trinajstić information content (AvgIpc) is 3.44. The summed E-state index contributed by atoms with van der Waals surface area (Å²) in [6.45, 7) is 3.42. The van der Waals surface area contributed by atoms with Gasteiger partial charge in [-0.05, 0) is 99.5 Å². The number of likely N-dealkylation sites (N-methyl/N-ethyl adjacent to an activating group) is 1. The number of nitrogens with one attached hydrogen (secondary N) is 4. The van der Waals surface area contributed by atoms with E-state index in [-0.39, 0.29) is 18.4 Å². The van der Waals surface area contributed by atoms with Gasteiger partial charge in [0.1, 0.15) is 17.3 Å². The Labute approximate surface area is 313 Å². The topological polar surface area (TPSA) is 174 Å². The van der Waals surface area contributed by atoms with Crippen LogP contribution in [0.15, 0.2) is 64.6 Å². The van der Waals surface area contributed by atoms with Crippen LogP contribution in [0.1, 0.15) is 54.5 Å². The molecule has 5 rings (SSSR count). The Morgan fingerprint density at radius 2 is 1.71 bits per heavy atom. The minimum Gasteiger partial charge on any atom is -0.376 e. The fourth-order valence-corrected chi connectivity index (χ4v) is 8.19. The van der Waals surface area contributed by atoms with Gasteiger partial charge in [0.15, 0.2) is 0 Å². The number of amides is 2. The first-order chi connectivity index (χ1) is 24.6. The number of hydrogen-bond donors (Lipinski definition) is 7. The minimum atomic E-state index is -1.18. The third-order valence-corrected chi connectivity index (χ3v) is 11.3. The number of unbranched alkanes of at least 4 members (excludes halogenated alkanes) is 1. The van der Waals surface area contributed by atoms with E-state index in [9.17, 15) is 14.7 Å². The molecule has 2 amide bonds. The number of para-hydroxylation sites is 1. The van der Waals surface area contributed by atoms with Crippen molar-refractivity contribution in [3.63, 3.8) is 0 Å². The molecule has 0 saturated heterocycles. The zero-order valence-electron chi connectivity index (χ0n) is 29.1. The van der Waals surface area contributed by atoms with Gasteiger partial charge in [0, 0.05) is 52.8 Å². The van der Waals surface area contributed by atoms with E-state index in [1.165, 1.54) is 11.8 Å². The monoisotopic (exact) mass is 754 g/mol. The number of aryl methyl sites for hydroxylation is 1. The van der Waals surface area contributed by atoms with Crippen molar-refractivity contribution in [2.45, 2.75) is 92.8 Å². The molecule has 3 heterocycles. The van der Waals surface area contributed by atoms with Gasteiger partial charge in [0.2, 0.25) is 11.8 Å². The lowest BCUT2D eigenvalue weighted by Gasteiger charge is -2.35. The van der Waals surface area contributed by atoms with Gasteiger partial charge in [-0.2, -0.15) is 0 Å². The number of pyridine rings is 1. The number of benzene rings is 2. The van der Waals surface area contributed by atoms with Crippen LogP contribution >= 0.6 is 35.0 Å². The molecule has 0 aliphatic carbocycles. The molecule has 0 bridgehead atoms. The van der Waals surface area contributed by atoms with Crippen LogP contribution in [0, 0.1) is 6.92 Å².